The van der Waals surface area contributed by atoms with E-state index in [0.29, 0.717) is 11.1 Å². The molecule has 7 heteroatoms. The third-order valence-corrected chi connectivity index (χ3v) is 4.84. The molecule has 2 N–H and O–H groups in total. The van der Waals surface area contributed by atoms with Gasteiger partial charge in [-0.3, -0.25) is 0 Å². The van der Waals surface area contributed by atoms with Crippen molar-refractivity contribution in [1.82, 2.24) is 24.9 Å². The maximum Gasteiger partial charge on any atom is 0.348 e. The van der Waals surface area contributed by atoms with Crippen molar-refractivity contribution in [1.29, 1.82) is 0 Å². The molecule has 1 atom stereocenters. The molecule has 2 aliphatic rings. The normalized spacial score (nSPS) is 26.6. The van der Waals surface area contributed by atoms with Crippen molar-refractivity contribution in [2.45, 2.75) is 25.7 Å². The van der Waals surface area contributed by atoms with E-state index >= 15 is 0 Å². The van der Waals surface area contributed by atoms with Gasteiger partial charge in [0.2, 0.25) is 0 Å². The van der Waals surface area contributed by atoms with Crippen LogP contribution in [-0.4, -0.2) is 45.8 Å². The number of anilines is 1. The van der Waals surface area contributed by atoms with E-state index in [2.05, 4.69) is 25.4 Å². The van der Waals surface area contributed by atoms with Gasteiger partial charge in [-0.2, -0.15) is 5.10 Å². The highest BCUT2D eigenvalue weighted by atomic mass is 16.1. The van der Waals surface area contributed by atoms with E-state index < -0.39 is 0 Å². The zero-order valence-electron chi connectivity index (χ0n) is 12.0. The second-order valence-corrected chi connectivity index (χ2v) is 6.31. The lowest BCUT2D eigenvalue weighted by atomic mass is 9.74. The molecule has 0 bridgehead atoms. The summed E-state index contributed by atoms with van der Waals surface area (Å²) < 4.78 is 1.44. The van der Waals surface area contributed by atoms with Crippen LogP contribution in [0.2, 0.25) is 0 Å². The molecule has 2 fully saturated rings. The van der Waals surface area contributed by atoms with Gasteiger partial charge in [-0.1, -0.05) is 0 Å². The minimum Gasteiger partial charge on any atom is -0.356 e. The summed E-state index contributed by atoms with van der Waals surface area (Å²) in [6, 6.07) is 1.90. The van der Waals surface area contributed by atoms with E-state index in [1.165, 1.54) is 30.1 Å². The van der Waals surface area contributed by atoms with Crippen molar-refractivity contribution in [3.8, 4) is 0 Å². The maximum atomic E-state index is 11.5. The molecule has 4 heterocycles. The lowest BCUT2D eigenvalue weighted by Crippen LogP contribution is -2.51. The van der Waals surface area contributed by atoms with Crippen LogP contribution >= 0.6 is 0 Å². The number of nitrogens with zero attached hydrogens (tertiary/aromatic N) is 4. The van der Waals surface area contributed by atoms with Crippen LogP contribution in [0.5, 0.6) is 0 Å². The Morgan fingerprint density at radius 1 is 1.29 bits per heavy atom. The number of H-pyrrole nitrogens is 1. The summed E-state index contributed by atoms with van der Waals surface area (Å²) in [5, 5.41) is 10.0. The first-order valence-electron chi connectivity index (χ1n) is 7.64. The summed E-state index contributed by atoms with van der Waals surface area (Å²) >= 11 is 0. The van der Waals surface area contributed by atoms with Gasteiger partial charge in [0.1, 0.15) is 12.1 Å². The summed E-state index contributed by atoms with van der Waals surface area (Å²) in [7, 11) is 0. The molecule has 0 aromatic carbocycles. The summed E-state index contributed by atoms with van der Waals surface area (Å²) in [5.41, 5.74) is 0.775. The Morgan fingerprint density at radius 2 is 2.19 bits per heavy atom. The Bertz CT molecular complexity index is 693. The Morgan fingerprint density at radius 3 is 3.05 bits per heavy atom. The molecule has 7 nitrogen and oxygen atoms in total. The SMILES string of the molecule is O=c1[nH]nc2cc(N3CCCC4(CCCNC4)C3)ncn12. The first-order valence-corrected chi connectivity index (χ1v) is 7.64. The summed E-state index contributed by atoms with van der Waals surface area (Å²) in [6.45, 7) is 4.31. The molecule has 1 spiro atoms. The average Bonchev–Trinajstić information content (AvgIpc) is 2.89. The maximum absolute atomic E-state index is 11.5. The first-order chi connectivity index (χ1) is 10.3. The molecule has 1 unspecified atom stereocenters. The number of hydrogen-bond donors (Lipinski definition) is 2. The fourth-order valence-electron chi connectivity index (χ4n) is 3.75. The van der Waals surface area contributed by atoms with E-state index in [1.54, 1.807) is 6.33 Å². The van der Waals surface area contributed by atoms with Crippen LogP contribution in [0.25, 0.3) is 5.65 Å². The van der Waals surface area contributed by atoms with Crippen molar-refractivity contribution in [2.24, 2.45) is 5.41 Å². The Kier molecular flexibility index (Phi) is 2.95. The summed E-state index contributed by atoms with van der Waals surface area (Å²) in [5.74, 6) is 0.922. The summed E-state index contributed by atoms with van der Waals surface area (Å²) in [6.07, 6.45) is 6.61. The van der Waals surface area contributed by atoms with Crippen LogP contribution in [0.1, 0.15) is 25.7 Å². The van der Waals surface area contributed by atoms with Crippen LogP contribution in [0.15, 0.2) is 17.2 Å². The number of nitrogens with one attached hydrogen (secondary N) is 2. The highest BCUT2D eigenvalue weighted by Crippen LogP contribution is 2.37. The van der Waals surface area contributed by atoms with Crippen molar-refractivity contribution in [3.05, 3.63) is 22.9 Å². The predicted octanol–water partition coefficient (Wildman–Crippen LogP) is 0.388. The number of piperidine rings is 2. The molecule has 2 aromatic heterocycles. The number of fused-ring (bicyclic) bond motifs is 1. The van der Waals surface area contributed by atoms with Gasteiger partial charge in [-0.05, 0) is 32.2 Å². The van der Waals surface area contributed by atoms with Gasteiger partial charge in [0.05, 0.1) is 0 Å². The number of hydrogen-bond acceptors (Lipinski definition) is 5. The quantitative estimate of drug-likeness (QED) is 0.793. The lowest BCUT2D eigenvalue weighted by molar-refractivity contribution is 0.173. The van der Waals surface area contributed by atoms with E-state index in [1.807, 2.05) is 6.07 Å². The van der Waals surface area contributed by atoms with E-state index in [9.17, 15) is 4.79 Å². The number of rotatable bonds is 1. The Hall–Kier alpha value is -1.89. The molecule has 21 heavy (non-hydrogen) atoms. The van der Waals surface area contributed by atoms with Crippen LogP contribution in [-0.2, 0) is 0 Å². The summed E-state index contributed by atoms with van der Waals surface area (Å²) in [4.78, 5) is 18.3. The predicted molar refractivity (Wildman–Crippen MR) is 79.6 cm³/mol. The molecule has 2 aromatic rings. The van der Waals surface area contributed by atoms with Gasteiger partial charge in [-0.15, -0.1) is 0 Å². The standard InChI is InChI=1S/C14H20N6O/c21-13-18-17-12-7-11(16-10-20(12)13)19-6-2-4-14(9-19)3-1-5-15-8-14/h7,10,15H,1-6,8-9H2,(H,18,21). The van der Waals surface area contributed by atoms with E-state index in [0.717, 1.165) is 32.0 Å². The van der Waals surface area contributed by atoms with Gasteiger partial charge in [-0.25, -0.2) is 19.3 Å². The van der Waals surface area contributed by atoms with Crippen molar-refractivity contribution in [2.75, 3.05) is 31.1 Å². The van der Waals surface area contributed by atoms with Gasteiger partial charge in [0.15, 0.2) is 5.65 Å². The molecule has 0 saturated carbocycles. The molecule has 2 saturated heterocycles. The third kappa shape index (κ3) is 2.21. The van der Waals surface area contributed by atoms with Crippen LogP contribution in [0.4, 0.5) is 5.82 Å². The fourth-order valence-corrected chi connectivity index (χ4v) is 3.75. The fraction of sp³-hybridized carbons (Fsp3) is 0.643. The topological polar surface area (TPSA) is 78.3 Å². The van der Waals surface area contributed by atoms with Crippen LogP contribution < -0.4 is 15.9 Å². The zero-order chi connectivity index (χ0) is 14.3. The van der Waals surface area contributed by atoms with Gasteiger partial charge >= 0.3 is 5.69 Å². The molecule has 2 aliphatic heterocycles. The molecule has 4 rings (SSSR count). The molecule has 0 aliphatic carbocycles. The second-order valence-electron chi connectivity index (χ2n) is 6.31. The highest BCUT2D eigenvalue weighted by molar-refractivity contribution is 5.50. The highest BCUT2D eigenvalue weighted by Gasteiger charge is 2.36. The minimum absolute atomic E-state index is 0.240. The van der Waals surface area contributed by atoms with E-state index in [4.69, 9.17) is 0 Å². The first kappa shape index (κ1) is 12.8. The molecule has 0 radical (unpaired) electrons. The van der Waals surface area contributed by atoms with Gasteiger partial charge < -0.3 is 10.2 Å². The largest absolute Gasteiger partial charge is 0.356 e. The van der Waals surface area contributed by atoms with Crippen LogP contribution in [0.3, 0.4) is 0 Å². The number of aromatic amines is 1. The van der Waals surface area contributed by atoms with Gasteiger partial charge in [0, 0.05) is 31.1 Å². The minimum atomic E-state index is -0.240. The Balaban J connectivity index is 1.63. The third-order valence-electron chi connectivity index (χ3n) is 4.84. The molecular formula is C14H20N6O. The van der Waals surface area contributed by atoms with Crippen molar-refractivity contribution in [3.63, 3.8) is 0 Å². The lowest BCUT2D eigenvalue weighted by Gasteiger charge is -2.45. The molecular weight excluding hydrogens is 268 g/mol. The van der Waals surface area contributed by atoms with Crippen molar-refractivity contribution < 1.29 is 0 Å². The monoisotopic (exact) mass is 288 g/mol. The van der Waals surface area contributed by atoms with Crippen LogP contribution in [0, 0.1) is 5.41 Å². The Labute approximate surface area is 122 Å². The van der Waals surface area contributed by atoms with Gasteiger partial charge in [0.25, 0.3) is 0 Å². The number of aromatic nitrogens is 4. The zero-order valence-corrected chi connectivity index (χ0v) is 12.0. The molecule has 112 valence electrons. The smallest absolute Gasteiger partial charge is 0.348 e. The van der Waals surface area contributed by atoms with Crippen molar-refractivity contribution >= 4 is 11.5 Å². The second kappa shape index (κ2) is 4.84. The average molecular weight is 288 g/mol. The molecule has 0 amide bonds. The van der Waals surface area contributed by atoms with E-state index in [-0.39, 0.29) is 5.69 Å².